The van der Waals surface area contributed by atoms with Gasteiger partial charge in [-0.3, -0.25) is 33.6 Å². The zero-order valence-electron chi connectivity index (χ0n) is 23.3. The van der Waals surface area contributed by atoms with Crippen LogP contribution < -0.4 is 40.2 Å². The summed E-state index contributed by atoms with van der Waals surface area (Å²) in [6.45, 7) is 3.84. The lowest BCUT2D eigenvalue weighted by Gasteiger charge is -2.15. The van der Waals surface area contributed by atoms with Crippen LogP contribution in [0.15, 0.2) is 0 Å². The first kappa shape index (κ1) is 43.3. The SMILES string of the molecule is CCC(=O)N[C@H](CC(N)=O)C(=O)CCCC(=O)OC.CCC(=O)N[C@H](CC(N)=O)C(=O)O.COC(=O)CC[NH3+].[Cl-]. The molecule has 0 aromatic rings. The molecule has 16 nitrogen and oxygen atoms in total. The number of ketones is 1. The fraction of sp³-hybridized carbons (Fsp3) is 0.652. The Morgan fingerprint density at radius 1 is 0.750 bits per heavy atom. The van der Waals surface area contributed by atoms with Gasteiger partial charge in [0.25, 0.3) is 0 Å². The number of carbonyl (C=O) groups excluding carboxylic acids is 7. The van der Waals surface area contributed by atoms with Gasteiger partial charge in [-0.05, 0) is 6.42 Å². The molecule has 232 valence electrons. The summed E-state index contributed by atoms with van der Waals surface area (Å²) in [5, 5.41) is 13.1. The summed E-state index contributed by atoms with van der Waals surface area (Å²) < 4.78 is 8.76. The minimum Gasteiger partial charge on any atom is -1.00 e. The van der Waals surface area contributed by atoms with Crippen LogP contribution in [-0.2, 0) is 47.8 Å². The molecule has 0 saturated carbocycles. The highest BCUT2D eigenvalue weighted by Gasteiger charge is 2.22. The van der Waals surface area contributed by atoms with Crippen molar-refractivity contribution in [3.05, 3.63) is 0 Å². The molecule has 0 aliphatic rings. The summed E-state index contributed by atoms with van der Waals surface area (Å²) in [5.74, 6) is -4.34. The van der Waals surface area contributed by atoms with Crippen LogP contribution in [0.2, 0.25) is 0 Å². The highest BCUT2D eigenvalue weighted by Crippen LogP contribution is 2.04. The van der Waals surface area contributed by atoms with E-state index in [0.29, 0.717) is 19.4 Å². The number of carboxylic acid groups (broad SMARTS) is 1. The molecule has 0 bridgehead atoms. The topological polar surface area (TPSA) is 279 Å². The number of rotatable bonds is 16. The molecule has 0 aromatic heterocycles. The van der Waals surface area contributed by atoms with E-state index in [2.05, 4.69) is 25.8 Å². The first-order valence-corrected chi connectivity index (χ1v) is 12.0. The van der Waals surface area contributed by atoms with Gasteiger partial charge in [-0.1, -0.05) is 13.8 Å². The number of ether oxygens (including phenoxy) is 2. The average molecular weight is 600 g/mol. The summed E-state index contributed by atoms with van der Waals surface area (Å²) in [7, 11) is 2.64. The van der Waals surface area contributed by atoms with E-state index in [9.17, 15) is 38.4 Å². The Morgan fingerprint density at radius 3 is 1.48 bits per heavy atom. The maximum atomic E-state index is 11.8. The van der Waals surface area contributed by atoms with Crippen molar-refractivity contribution in [2.24, 2.45) is 11.5 Å². The van der Waals surface area contributed by atoms with Crippen LogP contribution in [0, 0.1) is 0 Å². The summed E-state index contributed by atoms with van der Waals surface area (Å²) in [6, 6.07) is -2.13. The van der Waals surface area contributed by atoms with Gasteiger partial charge in [-0.25, -0.2) is 4.79 Å². The predicted octanol–water partition coefficient (Wildman–Crippen LogP) is -5.69. The number of esters is 2. The molecule has 0 radical (unpaired) electrons. The van der Waals surface area contributed by atoms with E-state index in [1.807, 2.05) is 0 Å². The van der Waals surface area contributed by atoms with Crippen LogP contribution in [0.4, 0.5) is 0 Å². The predicted molar refractivity (Wildman–Crippen MR) is 135 cm³/mol. The van der Waals surface area contributed by atoms with E-state index in [4.69, 9.17) is 16.6 Å². The van der Waals surface area contributed by atoms with Crippen molar-refractivity contribution in [3.8, 4) is 0 Å². The minimum absolute atomic E-state index is 0. The lowest BCUT2D eigenvalue weighted by molar-refractivity contribution is -0.366. The van der Waals surface area contributed by atoms with Crippen molar-refractivity contribution >= 4 is 47.3 Å². The number of hydrogen-bond acceptors (Lipinski definition) is 10. The minimum atomic E-state index is -1.26. The van der Waals surface area contributed by atoms with E-state index in [0.717, 1.165) is 0 Å². The third-order valence-corrected chi connectivity index (χ3v) is 4.45. The van der Waals surface area contributed by atoms with Gasteiger partial charge in [0.2, 0.25) is 23.6 Å². The van der Waals surface area contributed by atoms with Gasteiger partial charge >= 0.3 is 17.9 Å². The summed E-state index contributed by atoms with van der Waals surface area (Å²) in [4.78, 5) is 86.6. The normalized spacial score (nSPS) is 10.7. The number of carbonyl (C=O) groups is 8. The molecular formula is C23H42ClN5O11. The number of primary amides is 2. The van der Waals surface area contributed by atoms with Crippen molar-refractivity contribution in [2.75, 3.05) is 20.8 Å². The molecule has 10 N–H and O–H groups in total. The van der Waals surface area contributed by atoms with Crippen LogP contribution >= 0.6 is 0 Å². The van der Waals surface area contributed by atoms with Crippen LogP contribution in [0.5, 0.6) is 0 Å². The molecule has 0 aromatic carbocycles. The largest absolute Gasteiger partial charge is 1.00 e. The van der Waals surface area contributed by atoms with Gasteiger partial charge in [0.15, 0.2) is 5.78 Å². The number of carboxylic acids is 1. The highest BCUT2D eigenvalue weighted by atomic mass is 35.5. The highest BCUT2D eigenvalue weighted by molar-refractivity contribution is 5.93. The van der Waals surface area contributed by atoms with Gasteiger partial charge in [-0.2, -0.15) is 0 Å². The van der Waals surface area contributed by atoms with Crippen molar-refractivity contribution in [1.82, 2.24) is 10.6 Å². The molecule has 0 unspecified atom stereocenters. The van der Waals surface area contributed by atoms with E-state index in [-0.39, 0.29) is 68.6 Å². The van der Waals surface area contributed by atoms with E-state index >= 15 is 0 Å². The van der Waals surface area contributed by atoms with Crippen LogP contribution in [0.25, 0.3) is 0 Å². The first-order valence-electron chi connectivity index (χ1n) is 12.0. The maximum Gasteiger partial charge on any atom is 0.326 e. The quantitative estimate of drug-likeness (QED) is 0.0908. The van der Waals surface area contributed by atoms with Crippen molar-refractivity contribution in [2.45, 2.75) is 77.3 Å². The molecule has 40 heavy (non-hydrogen) atoms. The molecule has 0 rings (SSSR count). The van der Waals surface area contributed by atoms with Crippen LogP contribution in [0.3, 0.4) is 0 Å². The molecule has 0 saturated heterocycles. The van der Waals surface area contributed by atoms with E-state index in [1.54, 1.807) is 13.8 Å². The lowest BCUT2D eigenvalue weighted by Crippen LogP contribution is -3.00. The molecule has 0 aliphatic heterocycles. The van der Waals surface area contributed by atoms with E-state index < -0.39 is 41.7 Å². The Balaban J connectivity index is -0.000000267. The average Bonchev–Trinajstić information content (AvgIpc) is 2.87. The van der Waals surface area contributed by atoms with Crippen molar-refractivity contribution in [1.29, 1.82) is 0 Å². The van der Waals surface area contributed by atoms with Gasteiger partial charge in [0.1, 0.15) is 6.04 Å². The maximum absolute atomic E-state index is 11.8. The van der Waals surface area contributed by atoms with E-state index in [1.165, 1.54) is 14.2 Å². The zero-order chi connectivity index (χ0) is 31.0. The zero-order valence-corrected chi connectivity index (χ0v) is 24.0. The first-order chi connectivity index (χ1) is 18.2. The number of amides is 4. The molecule has 0 spiro atoms. The Labute approximate surface area is 238 Å². The van der Waals surface area contributed by atoms with Crippen LogP contribution in [-0.4, -0.2) is 85.3 Å². The molecule has 0 heterocycles. The summed E-state index contributed by atoms with van der Waals surface area (Å²) in [6.07, 6.45) is 0.695. The molecule has 0 aliphatic carbocycles. The molecule has 4 amide bonds. The lowest BCUT2D eigenvalue weighted by atomic mass is 10.0. The standard InChI is InChI=1S/C12H20N2O5.C7H12N2O4.C4H9NO2.ClH/c1-3-11(17)14-8(7-10(13)16)9(15)5-4-6-12(18)19-2;1-2-6(11)9-4(7(12)13)3-5(8)10;1-7-4(6)2-3-5;/h8H,3-7H2,1-2H3,(H2,13,16)(H,14,17);4H,2-3H2,1H3,(H2,8,10)(H,9,11)(H,12,13);2-3,5H2,1H3;1H/t8-;4-;;/m11../s1. The second-order valence-electron chi connectivity index (χ2n) is 7.70. The second-order valence-corrected chi connectivity index (χ2v) is 7.70. The fourth-order valence-corrected chi connectivity index (χ4v) is 2.37. The second kappa shape index (κ2) is 26.8. The number of aliphatic carboxylic acids is 1. The van der Waals surface area contributed by atoms with Gasteiger partial charge in [0, 0.05) is 25.7 Å². The van der Waals surface area contributed by atoms with Crippen molar-refractivity contribution < 1.29 is 71.1 Å². The molecule has 17 heteroatoms. The Kier molecular flexibility index (Phi) is 29.0. The number of halogens is 1. The van der Waals surface area contributed by atoms with Crippen molar-refractivity contribution in [3.63, 3.8) is 0 Å². The summed E-state index contributed by atoms with van der Waals surface area (Å²) >= 11 is 0. The Hall–Kier alpha value is -3.79. The number of nitrogens with one attached hydrogen (secondary N) is 2. The van der Waals surface area contributed by atoms with Gasteiger partial charge in [0.05, 0.1) is 46.1 Å². The van der Waals surface area contributed by atoms with Crippen LogP contribution in [0.1, 0.15) is 65.2 Å². The van der Waals surface area contributed by atoms with Gasteiger partial charge in [-0.15, -0.1) is 0 Å². The molecular weight excluding hydrogens is 558 g/mol. The summed E-state index contributed by atoms with van der Waals surface area (Å²) in [5.41, 5.74) is 13.3. The smallest absolute Gasteiger partial charge is 0.326 e. The number of Topliss-reactive ketones (excluding diaryl/α,β-unsaturated/α-hetero) is 1. The molecule has 0 fully saturated rings. The third-order valence-electron chi connectivity index (χ3n) is 4.45. The number of hydrogen-bond donors (Lipinski definition) is 6. The number of methoxy groups -OCH3 is 2. The Bertz CT molecular complexity index is 840. The fourth-order valence-electron chi connectivity index (χ4n) is 2.37. The third kappa shape index (κ3) is 27.3. The number of nitrogens with two attached hydrogens (primary N) is 2. The monoisotopic (exact) mass is 599 g/mol. The Morgan fingerprint density at radius 2 is 1.15 bits per heavy atom. The molecule has 2 atom stereocenters. The number of quaternary nitrogens is 1. The van der Waals surface area contributed by atoms with Gasteiger partial charge < -0.3 is 54.8 Å².